The van der Waals surface area contributed by atoms with Gasteiger partial charge in [-0.05, 0) is 18.3 Å². The number of hydrogen-bond acceptors (Lipinski definition) is 3. The summed E-state index contributed by atoms with van der Waals surface area (Å²) >= 11 is 0. The number of rotatable bonds is 7. The molecule has 0 bridgehead atoms. The van der Waals surface area contributed by atoms with Crippen LogP contribution in [0.25, 0.3) is 0 Å². The minimum Gasteiger partial charge on any atom is -0.396 e. The van der Waals surface area contributed by atoms with Crippen LogP contribution in [-0.4, -0.2) is 29.2 Å². The van der Waals surface area contributed by atoms with E-state index in [1.807, 2.05) is 0 Å². The molecule has 0 aliphatic carbocycles. The predicted octanol–water partition coefficient (Wildman–Crippen LogP) is 2.15. The van der Waals surface area contributed by atoms with E-state index in [0.29, 0.717) is 6.42 Å². The fourth-order valence-electron chi connectivity index (χ4n) is 1.54. The lowest BCUT2D eigenvalue weighted by Crippen LogP contribution is -2.29. The Bertz CT molecular complexity index is 212. The van der Waals surface area contributed by atoms with Crippen molar-refractivity contribution in [2.45, 2.75) is 53.4 Å². The van der Waals surface area contributed by atoms with Crippen molar-refractivity contribution in [3.63, 3.8) is 0 Å². The maximum atomic E-state index is 11.6. The van der Waals surface area contributed by atoms with E-state index >= 15 is 0 Å². The molecular formula is C13H26O3. The molecule has 0 aromatic heterocycles. The average molecular weight is 230 g/mol. The quantitative estimate of drug-likeness (QED) is 0.704. The summed E-state index contributed by atoms with van der Waals surface area (Å²) in [7, 11) is 0. The summed E-state index contributed by atoms with van der Waals surface area (Å²) in [5.74, 6) is 0.134. The molecule has 0 saturated heterocycles. The number of aliphatic hydroxyl groups excluding tert-OH is 2. The monoisotopic (exact) mass is 230 g/mol. The molecule has 0 aliphatic heterocycles. The summed E-state index contributed by atoms with van der Waals surface area (Å²) in [6.45, 7) is 7.91. The van der Waals surface area contributed by atoms with Gasteiger partial charge in [-0.3, -0.25) is 4.79 Å². The molecule has 0 saturated carbocycles. The molecular weight excluding hydrogens is 204 g/mol. The van der Waals surface area contributed by atoms with Crippen molar-refractivity contribution < 1.29 is 15.0 Å². The Kier molecular flexibility index (Phi) is 6.19. The van der Waals surface area contributed by atoms with E-state index < -0.39 is 5.41 Å². The van der Waals surface area contributed by atoms with E-state index in [1.165, 1.54) is 0 Å². The second-order valence-corrected chi connectivity index (χ2v) is 6.26. The molecule has 0 aromatic rings. The Labute approximate surface area is 98.9 Å². The standard InChI is InChI=1S/C13H26O3/c1-12(2,3)7-5-6-11(16)8-13(4,9-14)10-15/h14-15H,5-10H2,1-4H3. The van der Waals surface area contributed by atoms with Crippen molar-refractivity contribution in [2.24, 2.45) is 10.8 Å². The second-order valence-electron chi connectivity index (χ2n) is 6.26. The van der Waals surface area contributed by atoms with E-state index in [9.17, 15) is 4.79 Å². The van der Waals surface area contributed by atoms with Gasteiger partial charge < -0.3 is 10.2 Å². The van der Waals surface area contributed by atoms with Crippen LogP contribution < -0.4 is 0 Å². The normalized spacial score (nSPS) is 12.9. The van der Waals surface area contributed by atoms with Crippen molar-refractivity contribution in [1.82, 2.24) is 0 Å². The topological polar surface area (TPSA) is 57.5 Å². The molecule has 0 radical (unpaired) electrons. The van der Waals surface area contributed by atoms with Gasteiger partial charge in [0.1, 0.15) is 5.78 Å². The van der Waals surface area contributed by atoms with Crippen LogP contribution in [0.2, 0.25) is 0 Å². The van der Waals surface area contributed by atoms with Gasteiger partial charge in [0.15, 0.2) is 0 Å². The van der Waals surface area contributed by atoms with E-state index in [4.69, 9.17) is 10.2 Å². The number of hydrogen-bond donors (Lipinski definition) is 2. The molecule has 16 heavy (non-hydrogen) atoms. The molecule has 0 heterocycles. The van der Waals surface area contributed by atoms with E-state index in [0.717, 1.165) is 12.8 Å². The molecule has 0 unspecified atom stereocenters. The third-order valence-electron chi connectivity index (χ3n) is 2.77. The van der Waals surface area contributed by atoms with Gasteiger partial charge in [0, 0.05) is 18.3 Å². The van der Waals surface area contributed by atoms with E-state index in [2.05, 4.69) is 20.8 Å². The third kappa shape index (κ3) is 6.96. The van der Waals surface area contributed by atoms with Crippen LogP contribution in [0.4, 0.5) is 0 Å². The first-order valence-electron chi connectivity index (χ1n) is 5.96. The summed E-state index contributed by atoms with van der Waals surface area (Å²) in [6, 6.07) is 0. The number of aliphatic hydroxyl groups is 2. The summed E-state index contributed by atoms with van der Waals surface area (Å²) in [5, 5.41) is 18.2. The van der Waals surface area contributed by atoms with Crippen LogP contribution in [-0.2, 0) is 4.79 Å². The van der Waals surface area contributed by atoms with Crippen LogP contribution in [0.1, 0.15) is 53.4 Å². The molecule has 96 valence electrons. The third-order valence-corrected chi connectivity index (χ3v) is 2.77. The van der Waals surface area contributed by atoms with E-state index in [-0.39, 0.29) is 30.8 Å². The fourth-order valence-corrected chi connectivity index (χ4v) is 1.54. The lowest BCUT2D eigenvalue weighted by Gasteiger charge is -2.24. The molecule has 0 aliphatic rings. The zero-order chi connectivity index (χ0) is 12.8. The van der Waals surface area contributed by atoms with Gasteiger partial charge >= 0.3 is 0 Å². The van der Waals surface area contributed by atoms with E-state index in [1.54, 1.807) is 6.92 Å². The predicted molar refractivity (Wildman–Crippen MR) is 65.2 cm³/mol. The Morgan fingerprint density at radius 2 is 1.56 bits per heavy atom. The minimum absolute atomic E-state index is 0.134. The van der Waals surface area contributed by atoms with Crippen molar-refractivity contribution >= 4 is 5.78 Å². The maximum Gasteiger partial charge on any atom is 0.133 e. The van der Waals surface area contributed by atoms with Gasteiger partial charge in [-0.2, -0.15) is 0 Å². The largest absolute Gasteiger partial charge is 0.396 e. The lowest BCUT2D eigenvalue weighted by molar-refractivity contribution is -0.122. The first-order chi connectivity index (χ1) is 7.22. The first kappa shape index (κ1) is 15.6. The SMILES string of the molecule is CC(C)(C)CCCC(=O)CC(C)(CO)CO. The van der Waals surface area contributed by atoms with Gasteiger partial charge in [0.05, 0.1) is 13.2 Å². The van der Waals surface area contributed by atoms with Crippen molar-refractivity contribution in [3.05, 3.63) is 0 Å². The van der Waals surface area contributed by atoms with Crippen LogP contribution >= 0.6 is 0 Å². The van der Waals surface area contributed by atoms with Crippen LogP contribution in [0.3, 0.4) is 0 Å². The zero-order valence-electron chi connectivity index (χ0n) is 11.0. The highest BCUT2D eigenvalue weighted by molar-refractivity contribution is 5.79. The number of Topliss-reactive ketones (excluding diaryl/α,β-unsaturated/α-hetero) is 1. The van der Waals surface area contributed by atoms with Crippen LogP contribution in [0, 0.1) is 10.8 Å². The number of carbonyl (C=O) groups is 1. The fraction of sp³-hybridized carbons (Fsp3) is 0.923. The molecule has 0 spiro atoms. The Morgan fingerprint density at radius 1 is 1.06 bits per heavy atom. The Morgan fingerprint density at radius 3 is 1.94 bits per heavy atom. The van der Waals surface area contributed by atoms with Crippen LogP contribution in [0.15, 0.2) is 0 Å². The molecule has 3 nitrogen and oxygen atoms in total. The molecule has 0 rings (SSSR count). The molecule has 0 aromatic carbocycles. The summed E-state index contributed by atoms with van der Waals surface area (Å²) in [6.07, 6.45) is 2.72. The molecule has 0 amide bonds. The van der Waals surface area contributed by atoms with Gasteiger partial charge in [-0.1, -0.05) is 27.7 Å². The van der Waals surface area contributed by atoms with Crippen molar-refractivity contribution in [3.8, 4) is 0 Å². The molecule has 0 fully saturated rings. The van der Waals surface area contributed by atoms with Crippen molar-refractivity contribution in [1.29, 1.82) is 0 Å². The Hall–Kier alpha value is -0.410. The smallest absolute Gasteiger partial charge is 0.133 e. The summed E-state index contributed by atoms with van der Waals surface area (Å²) in [4.78, 5) is 11.6. The van der Waals surface area contributed by atoms with Crippen molar-refractivity contribution in [2.75, 3.05) is 13.2 Å². The van der Waals surface area contributed by atoms with Crippen LogP contribution in [0.5, 0.6) is 0 Å². The van der Waals surface area contributed by atoms with Gasteiger partial charge in [0.25, 0.3) is 0 Å². The summed E-state index contributed by atoms with van der Waals surface area (Å²) in [5.41, 5.74) is -0.393. The first-order valence-corrected chi connectivity index (χ1v) is 5.96. The minimum atomic E-state index is -0.654. The second kappa shape index (κ2) is 6.36. The molecule has 3 heteroatoms. The number of carbonyl (C=O) groups excluding carboxylic acids is 1. The number of ketones is 1. The van der Waals surface area contributed by atoms with Gasteiger partial charge in [-0.25, -0.2) is 0 Å². The Balaban J connectivity index is 3.91. The highest BCUT2D eigenvalue weighted by Gasteiger charge is 2.25. The molecule has 0 atom stereocenters. The maximum absolute atomic E-state index is 11.6. The molecule has 2 N–H and O–H groups in total. The average Bonchev–Trinajstić information content (AvgIpc) is 2.15. The zero-order valence-corrected chi connectivity index (χ0v) is 11.0. The highest BCUT2D eigenvalue weighted by Crippen LogP contribution is 2.24. The van der Waals surface area contributed by atoms with Gasteiger partial charge in [-0.15, -0.1) is 0 Å². The van der Waals surface area contributed by atoms with Gasteiger partial charge in [0.2, 0.25) is 0 Å². The lowest BCUT2D eigenvalue weighted by atomic mass is 9.84. The summed E-state index contributed by atoms with van der Waals surface area (Å²) < 4.78 is 0. The highest BCUT2D eigenvalue weighted by atomic mass is 16.3.